The first-order valence-electron chi connectivity index (χ1n) is 6.10. The second-order valence-corrected chi connectivity index (χ2v) is 4.60. The van der Waals surface area contributed by atoms with Gasteiger partial charge < -0.3 is 14.6 Å². The number of fused-ring (bicyclic) bond motifs is 1. The third kappa shape index (κ3) is 2.03. The lowest BCUT2D eigenvalue weighted by Crippen LogP contribution is -2.35. The van der Waals surface area contributed by atoms with Crippen molar-refractivity contribution in [2.45, 2.75) is 19.4 Å². The summed E-state index contributed by atoms with van der Waals surface area (Å²) in [5.41, 5.74) is 1.67. The van der Waals surface area contributed by atoms with Crippen molar-refractivity contribution in [2.75, 3.05) is 18.0 Å². The van der Waals surface area contributed by atoms with Gasteiger partial charge in [-0.05, 0) is 18.6 Å². The van der Waals surface area contributed by atoms with Crippen LogP contribution in [0.25, 0.3) is 11.1 Å². The molecule has 0 radical (unpaired) electrons. The van der Waals surface area contributed by atoms with E-state index in [-0.39, 0.29) is 11.9 Å². The van der Waals surface area contributed by atoms with Crippen molar-refractivity contribution < 1.29 is 9.21 Å². The molecule has 0 spiro atoms. The van der Waals surface area contributed by atoms with Gasteiger partial charge in [-0.15, -0.1) is 0 Å². The molecule has 18 heavy (non-hydrogen) atoms. The number of oxazole rings is 1. The number of anilines is 1. The fourth-order valence-corrected chi connectivity index (χ4v) is 2.33. The van der Waals surface area contributed by atoms with Crippen molar-refractivity contribution in [3.8, 4) is 0 Å². The molecule has 5 heteroatoms. The number of nitrogens with zero attached hydrogens (tertiary/aromatic N) is 2. The summed E-state index contributed by atoms with van der Waals surface area (Å²) in [5, 5.41) is 2.93. The summed E-state index contributed by atoms with van der Waals surface area (Å²) in [6, 6.07) is 8.55. The van der Waals surface area contributed by atoms with E-state index < -0.39 is 0 Å². The average Bonchev–Trinajstić information content (AvgIpc) is 2.93. The van der Waals surface area contributed by atoms with Gasteiger partial charge in [-0.1, -0.05) is 12.1 Å². The van der Waals surface area contributed by atoms with E-state index in [1.54, 1.807) is 6.92 Å². The lowest BCUT2D eigenvalue weighted by Gasteiger charge is -2.13. The van der Waals surface area contributed by atoms with Crippen LogP contribution in [-0.4, -0.2) is 30.0 Å². The zero-order valence-electron chi connectivity index (χ0n) is 10.2. The normalized spacial score (nSPS) is 19.4. The standard InChI is InChI=1S/C13H15N3O2/c1-9(17)14-10-6-7-16(8-10)13-15-11-4-2-3-5-12(11)18-13/h2-5,10H,6-8H2,1H3,(H,14,17). The number of benzene rings is 1. The highest BCUT2D eigenvalue weighted by atomic mass is 16.4. The van der Waals surface area contributed by atoms with Crippen LogP contribution in [0.2, 0.25) is 0 Å². The van der Waals surface area contributed by atoms with Crippen LogP contribution in [0.5, 0.6) is 0 Å². The number of amides is 1. The molecule has 0 saturated carbocycles. The van der Waals surface area contributed by atoms with Gasteiger partial charge in [0.1, 0.15) is 5.52 Å². The molecular formula is C13H15N3O2. The van der Waals surface area contributed by atoms with E-state index in [9.17, 15) is 4.79 Å². The Labute approximate surface area is 105 Å². The van der Waals surface area contributed by atoms with Crippen LogP contribution in [0.15, 0.2) is 28.7 Å². The lowest BCUT2D eigenvalue weighted by atomic mass is 10.3. The molecular weight excluding hydrogens is 230 g/mol. The Kier molecular flexibility index (Phi) is 2.66. The van der Waals surface area contributed by atoms with Crippen LogP contribution in [0.4, 0.5) is 6.01 Å². The highest BCUT2D eigenvalue weighted by molar-refractivity contribution is 5.75. The molecule has 1 N–H and O–H groups in total. The Hall–Kier alpha value is -2.04. The van der Waals surface area contributed by atoms with Crippen molar-refractivity contribution in [1.82, 2.24) is 10.3 Å². The van der Waals surface area contributed by atoms with Crippen LogP contribution in [0, 0.1) is 0 Å². The minimum Gasteiger partial charge on any atom is -0.423 e. The van der Waals surface area contributed by atoms with E-state index in [1.165, 1.54) is 0 Å². The minimum atomic E-state index is 0.0133. The smallest absolute Gasteiger partial charge is 0.298 e. The van der Waals surface area contributed by atoms with Crippen LogP contribution in [-0.2, 0) is 4.79 Å². The summed E-state index contributed by atoms with van der Waals surface area (Å²) in [4.78, 5) is 17.5. The van der Waals surface area contributed by atoms with Crippen molar-refractivity contribution >= 4 is 23.0 Å². The van der Waals surface area contributed by atoms with Crippen molar-refractivity contribution in [1.29, 1.82) is 0 Å². The number of carbonyl (C=O) groups is 1. The molecule has 1 unspecified atom stereocenters. The van der Waals surface area contributed by atoms with E-state index in [4.69, 9.17) is 4.42 Å². The molecule has 0 aliphatic carbocycles. The second-order valence-electron chi connectivity index (χ2n) is 4.60. The fourth-order valence-electron chi connectivity index (χ4n) is 2.33. The third-order valence-corrected chi connectivity index (χ3v) is 3.15. The number of nitrogens with one attached hydrogen (secondary N) is 1. The Balaban J connectivity index is 1.77. The maximum atomic E-state index is 11.0. The van der Waals surface area contributed by atoms with Crippen LogP contribution >= 0.6 is 0 Å². The van der Waals surface area contributed by atoms with Crippen molar-refractivity contribution in [3.63, 3.8) is 0 Å². The van der Waals surface area contributed by atoms with E-state index >= 15 is 0 Å². The molecule has 1 aromatic heterocycles. The van der Waals surface area contributed by atoms with Gasteiger partial charge in [-0.2, -0.15) is 4.98 Å². The molecule has 2 aromatic rings. The zero-order chi connectivity index (χ0) is 12.5. The Morgan fingerprint density at radius 2 is 2.33 bits per heavy atom. The topological polar surface area (TPSA) is 58.4 Å². The third-order valence-electron chi connectivity index (χ3n) is 3.15. The summed E-state index contributed by atoms with van der Waals surface area (Å²) >= 11 is 0. The largest absolute Gasteiger partial charge is 0.423 e. The van der Waals surface area contributed by atoms with E-state index in [0.717, 1.165) is 30.6 Å². The molecule has 1 fully saturated rings. The first-order valence-corrected chi connectivity index (χ1v) is 6.10. The molecule has 1 amide bonds. The molecule has 1 atom stereocenters. The quantitative estimate of drug-likeness (QED) is 0.872. The molecule has 1 aliphatic heterocycles. The van der Waals surface area contributed by atoms with Gasteiger partial charge in [0.15, 0.2) is 5.58 Å². The Morgan fingerprint density at radius 1 is 1.50 bits per heavy atom. The molecule has 5 nitrogen and oxygen atoms in total. The summed E-state index contributed by atoms with van der Waals surface area (Å²) in [5.74, 6) is 0.0133. The number of hydrogen-bond donors (Lipinski definition) is 1. The molecule has 2 heterocycles. The van der Waals surface area contributed by atoms with Gasteiger partial charge in [0.2, 0.25) is 5.91 Å². The predicted octanol–water partition coefficient (Wildman–Crippen LogP) is 1.54. The SMILES string of the molecule is CC(=O)NC1CCN(c2nc3ccccc3o2)C1. The monoisotopic (exact) mass is 245 g/mol. The fraction of sp³-hybridized carbons (Fsp3) is 0.385. The van der Waals surface area contributed by atoms with E-state index in [0.29, 0.717) is 6.01 Å². The lowest BCUT2D eigenvalue weighted by molar-refractivity contribution is -0.119. The summed E-state index contributed by atoms with van der Waals surface area (Å²) in [6.07, 6.45) is 0.929. The first-order chi connectivity index (χ1) is 8.72. The molecule has 94 valence electrons. The first kappa shape index (κ1) is 11.1. The van der Waals surface area contributed by atoms with Crippen LogP contribution in [0.1, 0.15) is 13.3 Å². The van der Waals surface area contributed by atoms with Gasteiger partial charge in [0.25, 0.3) is 6.01 Å². The number of rotatable bonds is 2. The molecule has 3 rings (SSSR count). The van der Waals surface area contributed by atoms with Crippen LogP contribution in [0.3, 0.4) is 0 Å². The zero-order valence-corrected chi connectivity index (χ0v) is 10.2. The summed E-state index contributed by atoms with van der Waals surface area (Å²) in [7, 11) is 0. The summed E-state index contributed by atoms with van der Waals surface area (Å²) < 4.78 is 5.71. The Bertz CT molecular complexity index is 545. The van der Waals surface area contributed by atoms with Crippen molar-refractivity contribution in [3.05, 3.63) is 24.3 Å². The molecule has 1 aromatic carbocycles. The minimum absolute atomic E-state index is 0.0133. The number of para-hydroxylation sites is 2. The van der Waals surface area contributed by atoms with Gasteiger partial charge in [-0.3, -0.25) is 4.79 Å². The van der Waals surface area contributed by atoms with Gasteiger partial charge >= 0.3 is 0 Å². The maximum absolute atomic E-state index is 11.0. The number of aromatic nitrogens is 1. The van der Waals surface area contributed by atoms with Crippen molar-refractivity contribution in [2.24, 2.45) is 0 Å². The summed E-state index contributed by atoms with van der Waals surface area (Å²) in [6.45, 7) is 3.16. The highest BCUT2D eigenvalue weighted by Crippen LogP contribution is 2.24. The maximum Gasteiger partial charge on any atom is 0.298 e. The van der Waals surface area contributed by atoms with Gasteiger partial charge in [0, 0.05) is 26.1 Å². The second kappa shape index (κ2) is 4.33. The predicted molar refractivity (Wildman–Crippen MR) is 68.4 cm³/mol. The Morgan fingerprint density at radius 3 is 3.11 bits per heavy atom. The van der Waals surface area contributed by atoms with Crippen LogP contribution < -0.4 is 10.2 Å². The van der Waals surface area contributed by atoms with E-state index in [1.807, 2.05) is 24.3 Å². The van der Waals surface area contributed by atoms with Gasteiger partial charge in [-0.25, -0.2) is 0 Å². The molecule has 1 saturated heterocycles. The number of hydrogen-bond acceptors (Lipinski definition) is 4. The number of carbonyl (C=O) groups excluding carboxylic acids is 1. The van der Waals surface area contributed by atoms with E-state index in [2.05, 4.69) is 15.2 Å². The highest BCUT2D eigenvalue weighted by Gasteiger charge is 2.26. The molecule has 1 aliphatic rings. The molecule has 0 bridgehead atoms. The average molecular weight is 245 g/mol. The van der Waals surface area contributed by atoms with Gasteiger partial charge in [0.05, 0.1) is 0 Å².